The van der Waals surface area contributed by atoms with Gasteiger partial charge in [0.15, 0.2) is 0 Å². The van der Waals surface area contributed by atoms with Crippen molar-refractivity contribution in [3.8, 4) is 0 Å². The van der Waals surface area contributed by atoms with Crippen LogP contribution in [0.1, 0.15) is 25.6 Å². The SMILES string of the molecule is Cc1nccn1C[C@@H](C)NCC1(CN2CCOCC2)CC1. The number of rotatable bonds is 7. The standard InChI is InChI=1S/C16H28N4O/c1-14(11-20-6-5-17-15(20)2)18-12-16(3-4-16)13-19-7-9-21-10-8-19/h5-6,14,18H,3-4,7-13H2,1-2H3/t14-/m1/s1. The van der Waals surface area contributed by atoms with Gasteiger partial charge >= 0.3 is 0 Å². The Morgan fingerprint density at radius 2 is 2.14 bits per heavy atom. The topological polar surface area (TPSA) is 42.3 Å². The first-order chi connectivity index (χ1) is 10.2. The molecule has 1 aliphatic heterocycles. The molecule has 0 radical (unpaired) electrons. The molecule has 1 aromatic heterocycles. The van der Waals surface area contributed by atoms with Crippen LogP contribution in [0.2, 0.25) is 0 Å². The van der Waals surface area contributed by atoms with Crippen molar-refractivity contribution in [2.75, 3.05) is 39.4 Å². The van der Waals surface area contributed by atoms with Gasteiger partial charge in [-0.2, -0.15) is 0 Å². The van der Waals surface area contributed by atoms with Crippen LogP contribution in [0.15, 0.2) is 12.4 Å². The minimum Gasteiger partial charge on any atom is -0.379 e. The largest absolute Gasteiger partial charge is 0.379 e. The average molecular weight is 292 g/mol. The summed E-state index contributed by atoms with van der Waals surface area (Å²) in [5.74, 6) is 1.10. The van der Waals surface area contributed by atoms with Crippen LogP contribution in [0.3, 0.4) is 0 Å². The third kappa shape index (κ3) is 4.05. The molecule has 1 N–H and O–H groups in total. The fraction of sp³-hybridized carbons (Fsp3) is 0.812. The summed E-state index contributed by atoms with van der Waals surface area (Å²) in [5, 5.41) is 3.73. The molecule has 2 heterocycles. The Kier molecular flexibility index (Phi) is 4.62. The number of aromatic nitrogens is 2. The van der Waals surface area contributed by atoms with E-state index in [1.54, 1.807) is 0 Å². The molecule has 0 amide bonds. The molecule has 1 saturated heterocycles. The van der Waals surface area contributed by atoms with Gasteiger partial charge in [0, 0.05) is 51.2 Å². The highest BCUT2D eigenvalue weighted by molar-refractivity contribution is 4.98. The first-order valence-electron chi connectivity index (χ1n) is 8.18. The van der Waals surface area contributed by atoms with E-state index in [0.717, 1.165) is 45.2 Å². The maximum absolute atomic E-state index is 5.44. The zero-order chi connectivity index (χ0) is 14.7. The summed E-state index contributed by atoms with van der Waals surface area (Å²) in [4.78, 5) is 6.86. The van der Waals surface area contributed by atoms with Crippen LogP contribution in [0, 0.1) is 12.3 Å². The fourth-order valence-electron chi connectivity index (χ4n) is 3.15. The van der Waals surface area contributed by atoms with Crippen molar-refractivity contribution >= 4 is 0 Å². The smallest absolute Gasteiger partial charge is 0.105 e. The Morgan fingerprint density at radius 1 is 1.38 bits per heavy atom. The van der Waals surface area contributed by atoms with Crippen LogP contribution < -0.4 is 5.32 Å². The molecule has 5 heteroatoms. The van der Waals surface area contributed by atoms with Gasteiger partial charge in [0.2, 0.25) is 0 Å². The molecule has 1 atom stereocenters. The van der Waals surface area contributed by atoms with E-state index in [2.05, 4.69) is 39.8 Å². The molecule has 0 bridgehead atoms. The summed E-state index contributed by atoms with van der Waals surface area (Å²) in [6.07, 6.45) is 6.68. The predicted molar refractivity (Wildman–Crippen MR) is 83.4 cm³/mol. The third-order valence-electron chi connectivity index (χ3n) is 4.84. The lowest BCUT2D eigenvalue weighted by Crippen LogP contribution is -2.44. The maximum atomic E-state index is 5.44. The number of hydrogen-bond donors (Lipinski definition) is 1. The van der Waals surface area contributed by atoms with Gasteiger partial charge < -0.3 is 14.6 Å². The molecule has 118 valence electrons. The molecule has 0 spiro atoms. The summed E-state index contributed by atoms with van der Waals surface area (Å²) >= 11 is 0. The zero-order valence-electron chi connectivity index (χ0n) is 13.3. The predicted octanol–water partition coefficient (Wildman–Crippen LogP) is 1.28. The van der Waals surface area contributed by atoms with Gasteiger partial charge in [0.05, 0.1) is 13.2 Å². The quantitative estimate of drug-likeness (QED) is 0.822. The summed E-state index contributed by atoms with van der Waals surface area (Å²) in [7, 11) is 0. The van der Waals surface area contributed by atoms with Crippen molar-refractivity contribution in [3.63, 3.8) is 0 Å². The molecule has 0 aromatic carbocycles. The highest BCUT2D eigenvalue weighted by Crippen LogP contribution is 2.45. The van der Waals surface area contributed by atoms with Crippen molar-refractivity contribution in [1.29, 1.82) is 0 Å². The van der Waals surface area contributed by atoms with Gasteiger partial charge in [0.1, 0.15) is 5.82 Å². The van der Waals surface area contributed by atoms with Gasteiger partial charge in [-0.05, 0) is 32.1 Å². The number of morpholine rings is 1. The van der Waals surface area contributed by atoms with Gasteiger partial charge in [-0.1, -0.05) is 0 Å². The Balaban J connectivity index is 1.42. The third-order valence-corrected chi connectivity index (χ3v) is 4.84. The molecule has 2 fully saturated rings. The van der Waals surface area contributed by atoms with E-state index in [1.165, 1.54) is 19.4 Å². The maximum Gasteiger partial charge on any atom is 0.105 e. The number of imidazole rings is 1. The van der Waals surface area contributed by atoms with Gasteiger partial charge in [-0.15, -0.1) is 0 Å². The molecule has 1 saturated carbocycles. The van der Waals surface area contributed by atoms with Crippen LogP contribution in [-0.4, -0.2) is 59.9 Å². The first-order valence-corrected chi connectivity index (χ1v) is 8.18. The minimum atomic E-state index is 0.486. The second-order valence-corrected chi connectivity index (χ2v) is 6.80. The van der Waals surface area contributed by atoms with E-state index in [4.69, 9.17) is 4.74 Å². The number of aryl methyl sites for hydroxylation is 1. The Hall–Kier alpha value is -0.910. The van der Waals surface area contributed by atoms with Crippen LogP contribution in [0.5, 0.6) is 0 Å². The average Bonchev–Trinajstić information content (AvgIpc) is 3.14. The lowest BCUT2D eigenvalue weighted by atomic mass is 10.1. The Morgan fingerprint density at radius 3 is 2.76 bits per heavy atom. The van der Waals surface area contributed by atoms with Gasteiger partial charge in [-0.25, -0.2) is 4.98 Å². The zero-order valence-corrected chi connectivity index (χ0v) is 13.3. The van der Waals surface area contributed by atoms with Crippen LogP contribution in [0.25, 0.3) is 0 Å². The van der Waals surface area contributed by atoms with Crippen molar-refractivity contribution in [2.24, 2.45) is 5.41 Å². The molecule has 21 heavy (non-hydrogen) atoms. The summed E-state index contributed by atoms with van der Waals surface area (Å²) in [6, 6.07) is 0.486. The number of ether oxygens (including phenoxy) is 1. The molecule has 0 unspecified atom stereocenters. The van der Waals surface area contributed by atoms with Crippen LogP contribution in [-0.2, 0) is 11.3 Å². The molecule has 1 aliphatic carbocycles. The molecule has 5 nitrogen and oxygen atoms in total. The Labute approximate surface area is 127 Å². The number of nitrogens with one attached hydrogen (secondary N) is 1. The van der Waals surface area contributed by atoms with Gasteiger partial charge in [0.25, 0.3) is 0 Å². The highest BCUT2D eigenvalue weighted by Gasteiger charge is 2.43. The lowest BCUT2D eigenvalue weighted by Gasteiger charge is -2.31. The fourth-order valence-corrected chi connectivity index (χ4v) is 3.15. The molecule has 3 rings (SSSR count). The molecular formula is C16H28N4O. The van der Waals surface area contributed by atoms with E-state index < -0.39 is 0 Å². The van der Waals surface area contributed by atoms with Crippen LogP contribution >= 0.6 is 0 Å². The number of nitrogens with zero attached hydrogens (tertiary/aromatic N) is 3. The molecule has 1 aromatic rings. The van der Waals surface area contributed by atoms with Crippen molar-refractivity contribution in [1.82, 2.24) is 19.8 Å². The highest BCUT2D eigenvalue weighted by atomic mass is 16.5. The van der Waals surface area contributed by atoms with E-state index in [-0.39, 0.29) is 0 Å². The molecule has 2 aliphatic rings. The summed E-state index contributed by atoms with van der Waals surface area (Å²) in [6.45, 7) is 11.7. The lowest BCUT2D eigenvalue weighted by molar-refractivity contribution is 0.0282. The van der Waals surface area contributed by atoms with E-state index in [1.807, 2.05) is 6.20 Å². The second kappa shape index (κ2) is 6.46. The van der Waals surface area contributed by atoms with Gasteiger partial charge in [-0.3, -0.25) is 4.90 Å². The first kappa shape index (κ1) is 15.0. The monoisotopic (exact) mass is 292 g/mol. The summed E-state index contributed by atoms with van der Waals surface area (Å²) in [5.41, 5.74) is 0.523. The van der Waals surface area contributed by atoms with Crippen molar-refractivity contribution in [3.05, 3.63) is 18.2 Å². The normalized spacial score (nSPS) is 23.1. The van der Waals surface area contributed by atoms with Crippen molar-refractivity contribution < 1.29 is 4.74 Å². The summed E-state index contributed by atoms with van der Waals surface area (Å²) < 4.78 is 7.66. The molecular weight excluding hydrogens is 264 g/mol. The van der Waals surface area contributed by atoms with E-state index in [9.17, 15) is 0 Å². The Bertz CT molecular complexity index is 449. The second-order valence-electron chi connectivity index (χ2n) is 6.80. The van der Waals surface area contributed by atoms with Crippen molar-refractivity contribution in [2.45, 2.75) is 39.3 Å². The van der Waals surface area contributed by atoms with E-state index >= 15 is 0 Å². The van der Waals surface area contributed by atoms with Crippen LogP contribution in [0.4, 0.5) is 0 Å². The number of hydrogen-bond acceptors (Lipinski definition) is 4. The van der Waals surface area contributed by atoms with E-state index in [0.29, 0.717) is 11.5 Å². The minimum absolute atomic E-state index is 0.486.